The Morgan fingerprint density at radius 2 is 1.77 bits per heavy atom. The number of fused-ring (bicyclic) bond motifs is 1. The summed E-state index contributed by atoms with van der Waals surface area (Å²) >= 11 is 1.65. The Balaban J connectivity index is 2.15. The van der Waals surface area contributed by atoms with Crippen LogP contribution in [-0.2, 0) is 4.79 Å². The number of thioether (sulfide) groups is 1. The minimum Gasteiger partial charge on any atom is -0.493 e. The summed E-state index contributed by atoms with van der Waals surface area (Å²) in [4.78, 5) is 29.5. The Labute approximate surface area is 188 Å². The van der Waals surface area contributed by atoms with Gasteiger partial charge in [-0.15, -0.1) is 11.8 Å². The van der Waals surface area contributed by atoms with Crippen LogP contribution < -0.4 is 14.8 Å². The van der Waals surface area contributed by atoms with Gasteiger partial charge in [-0.25, -0.2) is 0 Å². The van der Waals surface area contributed by atoms with Gasteiger partial charge >= 0.3 is 0 Å². The van der Waals surface area contributed by atoms with Crippen LogP contribution in [0.25, 0.3) is 0 Å². The van der Waals surface area contributed by atoms with Crippen molar-refractivity contribution in [2.45, 2.75) is 36.6 Å². The molecular weight excluding hydrogens is 412 g/mol. The Hall–Kier alpha value is -2.67. The minimum atomic E-state index is -0.561. The highest BCUT2D eigenvalue weighted by atomic mass is 32.2. The quantitative estimate of drug-likeness (QED) is 0.489. The molecule has 0 bridgehead atoms. The third-order valence-electron chi connectivity index (χ3n) is 5.74. The highest BCUT2D eigenvalue weighted by Crippen LogP contribution is 2.45. The lowest BCUT2D eigenvalue weighted by molar-refractivity contribution is -0.124. The van der Waals surface area contributed by atoms with Gasteiger partial charge in [0.1, 0.15) is 0 Å². The molecule has 1 N–H and O–H groups in total. The van der Waals surface area contributed by atoms with E-state index in [0.717, 1.165) is 23.3 Å². The van der Waals surface area contributed by atoms with E-state index in [1.807, 2.05) is 30.5 Å². The molecule has 0 saturated carbocycles. The number of carbonyl (C=O) groups is 2. The topological polar surface area (TPSA) is 67.9 Å². The number of nitrogens with zero attached hydrogens (tertiary/aromatic N) is 1. The van der Waals surface area contributed by atoms with Gasteiger partial charge in [0.2, 0.25) is 5.91 Å². The molecule has 1 aliphatic rings. The third-order valence-corrected chi connectivity index (χ3v) is 6.49. The second kappa shape index (κ2) is 10.1. The fraction of sp³-hybridized carbons (Fsp3) is 0.417. The summed E-state index contributed by atoms with van der Waals surface area (Å²) in [5.74, 6) is 0.166. The third kappa shape index (κ3) is 4.51. The predicted molar refractivity (Wildman–Crippen MR) is 123 cm³/mol. The number of likely N-dealkylation sites (N-methyl/N-ethyl adjacent to an activating group) is 1. The molecule has 0 radical (unpaired) electrons. The molecule has 2 atom stereocenters. The summed E-state index contributed by atoms with van der Waals surface area (Å²) in [6.45, 7) is 2.69. The van der Waals surface area contributed by atoms with E-state index in [2.05, 4.69) is 12.2 Å². The maximum atomic E-state index is 13.4. The largest absolute Gasteiger partial charge is 0.493 e. The van der Waals surface area contributed by atoms with E-state index < -0.39 is 12.0 Å². The maximum Gasteiger partial charge on any atom is 0.254 e. The van der Waals surface area contributed by atoms with Crippen molar-refractivity contribution in [2.75, 3.05) is 34.1 Å². The molecule has 7 heteroatoms. The Kier molecular flexibility index (Phi) is 7.49. The molecule has 166 valence electrons. The van der Waals surface area contributed by atoms with Crippen molar-refractivity contribution in [2.24, 2.45) is 0 Å². The first-order valence-corrected chi connectivity index (χ1v) is 11.6. The summed E-state index contributed by atoms with van der Waals surface area (Å²) in [6.07, 6.45) is 3.91. The van der Waals surface area contributed by atoms with Gasteiger partial charge in [0.15, 0.2) is 11.5 Å². The second-order valence-electron chi connectivity index (χ2n) is 7.55. The smallest absolute Gasteiger partial charge is 0.254 e. The normalized spacial score (nSPS) is 17.8. The van der Waals surface area contributed by atoms with Gasteiger partial charge in [-0.1, -0.05) is 25.5 Å². The van der Waals surface area contributed by atoms with Crippen molar-refractivity contribution in [3.8, 4) is 11.5 Å². The number of unbranched alkanes of at least 4 members (excludes halogenated alkanes) is 1. The van der Waals surface area contributed by atoms with Gasteiger partial charge < -0.3 is 19.7 Å². The van der Waals surface area contributed by atoms with Crippen LogP contribution in [0.2, 0.25) is 0 Å². The number of nitrogens with one attached hydrogen (secondary N) is 1. The van der Waals surface area contributed by atoms with Crippen molar-refractivity contribution in [1.82, 2.24) is 10.2 Å². The lowest BCUT2D eigenvalue weighted by Gasteiger charge is -2.40. The number of rotatable bonds is 8. The van der Waals surface area contributed by atoms with Crippen molar-refractivity contribution >= 4 is 23.6 Å². The molecule has 0 fully saturated rings. The van der Waals surface area contributed by atoms with Gasteiger partial charge in [0.05, 0.1) is 26.2 Å². The molecule has 0 spiro atoms. The number of benzene rings is 2. The van der Waals surface area contributed by atoms with Crippen LogP contribution in [0.5, 0.6) is 11.5 Å². The molecule has 31 heavy (non-hydrogen) atoms. The lowest BCUT2D eigenvalue weighted by atomic mass is 9.79. The predicted octanol–water partition coefficient (Wildman–Crippen LogP) is 4.25. The first kappa shape index (κ1) is 23.0. The molecule has 0 aliphatic carbocycles. The zero-order valence-corrected chi connectivity index (χ0v) is 19.5. The van der Waals surface area contributed by atoms with Crippen molar-refractivity contribution < 1.29 is 19.1 Å². The summed E-state index contributed by atoms with van der Waals surface area (Å²) in [7, 11) is 4.84. The average Bonchev–Trinajstić information content (AvgIpc) is 2.80. The van der Waals surface area contributed by atoms with Gasteiger partial charge in [-0.05, 0) is 48.1 Å². The van der Waals surface area contributed by atoms with E-state index in [0.29, 0.717) is 29.2 Å². The minimum absolute atomic E-state index is 0.0970. The number of ether oxygens (including phenoxy) is 2. The summed E-state index contributed by atoms with van der Waals surface area (Å²) in [5.41, 5.74) is 2.05. The van der Waals surface area contributed by atoms with E-state index in [9.17, 15) is 9.59 Å². The summed E-state index contributed by atoms with van der Waals surface area (Å²) < 4.78 is 10.9. The second-order valence-corrected chi connectivity index (χ2v) is 8.43. The lowest BCUT2D eigenvalue weighted by Crippen LogP contribution is -2.45. The van der Waals surface area contributed by atoms with Crippen LogP contribution in [0.15, 0.2) is 41.3 Å². The van der Waals surface area contributed by atoms with Crippen molar-refractivity contribution in [3.63, 3.8) is 0 Å². The van der Waals surface area contributed by atoms with Crippen LogP contribution in [-0.4, -0.2) is 50.8 Å². The highest BCUT2D eigenvalue weighted by molar-refractivity contribution is 7.98. The van der Waals surface area contributed by atoms with E-state index >= 15 is 0 Å². The molecule has 6 nitrogen and oxygen atoms in total. The van der Waals surface area contributed by atoms with Gasteiger partial charge in [-0.3, -0.25) is 9.59 Å². The van der Waals surface area contributed by atoms with E-state index in [4.69, 9.17) is 9.47 Å². The Morgan fingerprint density at radius 3 is 2.35 bits per heavy atom. The van der Waals surface area contributed by atoms with Crippen LogP contribution in [0.1, 0.15) is 53.2 Å². The van der Waals surface area contributed by atoms with E-state index in [-0.39, 0.29) is 11.8 Å². The maximum absolute atomic E-state index is 13.4. The van der Waals surface area contributed by atoms with Crippen LogP contribution in [0.3, 0.4) is 0 Å². The zero-order chi connectivity index (χ0) is 22.5. The van der Waals surface area contributed by atoms with Crippen LogP contribution >= 0.6 is 11.8 Å². The molecule has 0 saturated heterocycles. The Bertz CT molecular complexity index is 945. The molecule has 0 aromatic heterocycles. The molecule has 1 heterocycles. The molecule has 0 unspecified atom stereocenters. The summed E-state index contributed by atoms with van der Waals surface area (Å²) in [5, 5.41) is 3.06. The molecule has 2 amide bonds. The zero-order valence-electron chi connectivity index (χ0n) is 18.7. The number of hydrogen-bond donors (Lipinski definition) is 1. The van der Waals surface area contributed by atoms with Gasteiger partial charge in [0.25, 0.3) is 5.91 Å². The van der Waals surface area contributed by atoms with Crippen molar-refractivity contribution in [1.29, 1.82) is 0 Å². The van der Waals surface area contributed by atoms with E-state index in [1.165, 1.54) is 7.11 Å². The first-order chi connectivity index (χ1) is 15.0. The van der Waals surface area contributed by atoms with E-state index in [1.54, 1.807) is 43.0 Å². The fourth-order valence-electron chi connectivity index (χ4n) is 4.05. The number of methoxy groups -OCH3 is 2. The standard InChI is InChI=1S/C24H30N2O4S/c1-6-7-12-25-23(27)21-17-13-19(29-3)20(30-4)14-18(17)24(28)26(2)22(21)15-8-10-16(31-5)11-9-15/h8-11,13-14,21-22H,6-7,12H2,1-5H3,(H,25,27)/t21-,22-/m1/s1. The summed E-state index contributed by atoms with van der Waals surface area (Å²) in [6, 6.07) is 11.1. The van der Waals surface area contributed by atoms with Crippen molar-refractivity contribution in [3.05, 3.63) is 53.1 Å². The number of amides is 2. The molecule has 2 aromatic carbocycles. The van der Waals surface area contributed by atoms with Crippen LogP contribution in [0.4, 0.5) is 0 Å². The Morgan fingerprint density at radius 1 is 1.13 bits per heavy atom. The van der Waals surface area contributed by atoms with Crippen LogP contribution in [0, 0.1) is 0 Å². The molecule has 2 aromatic rings. The molecular formula is C24H30N2O4S. The van der Waals surface area contributed by atoms with Gasteiger partial charge in [-0.2, -0.15) is 0 Å². The average molecular weight is 443 g/mol. The first-order valence-electron chi connectivity index (χ1n) is 10.4. The number of carbonyl (C=O) groups excluding carboxylic acids is 2. The highest BCUT2D eigenvalue weighted by Gasteiger charge is 2.43. The number of hydrogen-bond acceptors (Lipinski definition) is 5. The monoisotopic (exact) mass is 442 g/mol. The molecule has 1 aliphatic heterocycles. The SMILES string of the molecule is CCCCNC(=O)[C@@H]1c2cc(OC)c(OC)cc2C(=O)N(C)[C@@H]1c1ccc(SC)cc1. The fourth-order valence-corrected chi connectivity index (χ4v) is 4.46. The molecule has 3 rings (SSSR count). The van der Waals surface area contributed by atoms with Gasteiger partial charge in [0, 0.05) is 24.1 Å².